The molecule has 180 valence electrons. The summed E-state index contributed by atoms with van der Waals surface area (Å²) in [5, 5.41) is 7.90. The number of likely N-dealkylation sites (N-methyl/N-ethyl adjacent to an activating group) is 1. The van der Waals surface area contributed by atoms with Crippen LogP contribution in [0.3, 0.4) is 0 Å². The number of nitrogens with one attached hydrogen (secondary N) is 2. The maximum absolute atomic E-state index is 12.1. The summed E-state index contributed by atoms with van der Waals surface area (Å²) in [6, 6.07) is 11.5. The Kier molecular flexibility index (Phi) is 6.47. The summed E-state index contributed by atoms with van der Waals surface area (Å²) in [7, 11) is 1.62. The number of fused-ring (bicyclic) bond motifs is 1. The highest BCUT2D eigenvalue weighted by atomic mass is 32.1. The number of rotatable bonds is 6. The molecular weight excluding hydrogens is 460 g/mol. The number of piperazine rings is 1. The zero-order chi connectivity index (χ0) is 24.4. The third-order valence-corrected chi connectivity index (χ3v) is 7.24. The second-order valence-electron chi connectivity index (χ2n) is 8.37. The van der Waals surface area contributed by atoms with Crippen LogP contribution in [0.25, 0.3) is 21.3 Å². The number of nitrogen functional groups attached to an aromatic ring is 1. The Morgan fingerprint density at radius 3 is 2.69 bits per heavy atom. The minimum Gasteiger partial charge on any atom is -0.382 e. The molecule has 9 nitrogen and oxygen atoms in total. The Balaban J connectivity index is 1.39. The first-order valence-corrected chi connectivity index (χ1v) is 12.5. The molecule has 1 fully saturated rings. The van der Waals surface area contributed by atoms with Crippen LogP contribution in [0.5, 0.6) is 0 Å². The van der Waals surface area contributed by atoms with Crippen molar-refractivity contribution < 1.29 is 4.79 Å². The van der Waals surface area contributed by atoms with Crippen molar-refractivity contribution in [1.29, 1.82) is 0 Å². The van der Waals surface area contributed by atoms with Crippen molar-refractivity contribution in [2.75, 3.05) is 55.7 Å². The van der Waals surface area contributed by atoms with E-state index in [2.05, 4.69) is 37.3 Å². The van der Waals surface area contributed by atoms with Crippen LogP contribution < -0.4 is 21.3 Å². The Morgan fingerprint density at radius 1 is 1.14 bits per heavy atom. The fraction of sp³-hybridized carbons (Fsp3) is 0.280. The lowest BCUT2D eigenvalue weighted by molar-refractivity contribution is 0.0963. The normalized spacial score (nSPS) is 14.3. The number of pyridine rings is 1. The van der Waals surface area contributed by atoms with Crippen LogP contribution in [-0.2, 0) is 0 Å². The number of benzene rings is 1. The minimum absolute atomic E-state index is 0.133. The third-order valence-electron chi connectivity index (χ3n) is 6.25. The van der Waals surface area contributed by atoms with Crippen molar-refractivity contribution in [1.82, 2.24) is 25.2 Å². The van der Waals surface area contributed by atoms with Gasteiger partial charge >= 0.3 is 0 Å². The van der Waals surface area contributed by atoms with E-state index in [1.807, 2.05) is 35.7 Å². The molecule has 4 heterocycles. The van der Waals surface area contributed by atoms with Crippen LogP contribution in [0.2, 0.25) is 0 Å². The predicted octanol–water partition coefficient (Wildman–Crippen LogP) is 3.58. The number of amides is 1. The number of aromatic nitrogens is 3. The average molecular weight is 489 g/mol. The van der Waals surface area contributed by atoms with Crippen molar-refractivity contribution in [2.24, 2.45) is 0 Å². The van der Waals surface area contributed by atoms with Gasteiger partial charge in [0.25, 0.3) is 5.91 Å². The van der Waals surface area contributed by atoms with Crippen LogP contribution in [0.4, 0.5) is 23.3 Å². The molecule has 5 rings (SSSR count). The highest BCUT2D eigenvalue weighted by Gasteiger charge is 2.17. The van der Waals surface area contributed by atoms with Gasteiger partial charge in [0.1, 0.15) is 11.6 Å². The molecule has 1 amide bonds. The molecule has 1 saturated heterocycles. The molecule has 1 aliphatic heterocycles. The Bertz CT molecular complexity index is 1350. The topological polar surface area (TPSA) is 112 Å². The quantitative estimate of drug-likeness (QED) is 0.378. The predicted molar refractivity (Wildman–Crippen MR) is 143 cm³/mol. The van der Waals surface area contributed by atoms with E-state index in [9.17, 15) is 4.79 Å². The molecule has 0 spiro atoms. The van der Waals surface area contributed by atoms with Gasteiger partial charge < -0.3 is 26.2 Å². The van der Waals surface area contributed by atoms with Gasteiger partial charge in [0, 0.05) is 49.7 Å². The second kappa shape index (κ2) is 9.85. The maximum atomic E-state index is 12.1. The van der Waals surface area contributed by atoms with Crippen molar-refractivity contribution >= 4 is 50.7 Å². The molecule has 0 aliphatic carbocycles. The first-order chi connectivity index (χ1) is 17.1. The van der Waals surface area contributed by atoms with Crippen LogP contribution in [0, 0.1) is 0 Å². The number of hydrogen-bond donors (Lipinski definition) is 3. The third kappa shape index (κ3) is 4.75. The fourth-order valence-corrected chi connectivity index (χ4v) is 5.16. The molecule has 0 radical (unpaired) electrons. The number of carbonyl (C=O) groups is 1. The van der Waals surface area contributed by atoms with Crippen LogP contribution >= 0.6 is 11.3 Å². The smallest absolute Gasteiger partial charge is 0.251 e. The van der Waals surface area contributed by atoms with Crippen molar-refractivity contribution in [3.05, 3.63) is 53.5 Å². The number of nitrogens with two attached hydrogens (primary N) is 1. The van der Waals surface area contributed by atoms with E-state index in [0.717, 1.165) is 65.6 Å². The molecule has 35 heavy (non-hydrogen) atoms. The summed E-state index contributed by atoms with van der Waals surface area (Å²) in [6.45, 7) is 7.35. The molecule has 0 atom stereocenters. The van der Waals surface area contributed by atoms with Gasteiger partial charge in [-0.2, -0.15) is 4.98 Å². The van der Waals surface area contributed by atoms with Gasteiger partial charge in [-0.3, -0.25) is 4.79 Å². The van der Waals surface area contributed by atoms with Crippen molar-refractivity contribution in [2.45, 2.75) is 6.92 Å². The summed E-state index contributed by atoms with van der Waals surface area (Å²) in [6.07, 6.45) is 1.80. The van der Waals surface area contributed by atoms with E-state index in [0.29, 0.717) is 17.3 Å². The van der Waals surface area contributed by atoms with Crippen LogP contribution in [0.15, 0.2) is 48.0 Å². The Hall–Kier alpha value is -3.76. The molecule has 4 aromatic rings. The lowest BCUT2D eigenvalue weighted by Gasteiger charge is -2.34. The maximum Gasteiger partial charge on any atom is 0.251 e. The van der Waals surface area contributed by atoms with Crippen molar-refractivity contribution in [3.63, 3.8) is 0 Å². The number of hydrogen-bond acceptors (Lipinski definition) is 9. The molecule has 1 aliphatic rings. The van der Waals surface area contributed by atoms with Gasteiger partial charge in [-0.25, -0.2) is 9.97 Å². The zero-order valence-electron chi connectivity index (χ0n) is 19.8. The first kappa shape index (κ1) is 23.0. The van der Waals surface area contributed by atoms with Gasteiger partial charge in [0.2, 0.25) is 5.95 Å². The summed E-state index contributed by atoms with van der Waals surface area (Å²) < 4.78 is 0.815. The summed E-state index contributed by atoms with van der Waals surface area (Å²) in [5.41, 5.74) is 10.2. The monoisotopic (exact) mass is 488 g/mol. The molecule has 0 saturated carbocycles. The largest absolute Gasteiger partial charge is 0.382 e. The molecular formula is C25H28N8OS. The van der Waals surface area contributed by atoms with Gasteiger partial charge in [-0.1, -0.05) is 19.1 Å². The number of carbonyl (C=O) groups excluding carboxylic acids is 1. The lowest BCUT2D eigenvalue weighted by Crippen LogP contribution is -2.46. The van der Waals surface area contributed by atoms with E-state index < -0.39 is 0 Å². The lowest BCUT2D eigenvalue weighted by atomic mass is 10.0. The Labute approximate surface area is 208 Å². The van der Waals surface area contributed by atoms with E-state index >= 15 is 0 Å². The molecule has 10 heteroatoms. The summed E-state index contributed by atoms with van der Waals surface area (Å²) in [4.78, 5) is 30.7. The standard InChI is InChI=1S/C25H28N8OS/c1-3-32-9-11-33(12-10-32)20-8-7-18(14-28-20)29-25-30-21-19(15-35-22(21)23(26)31-25)16-5-4-6-17(13-16)24(34)27-2/h4-8,13-15H,3,9-12H2,1-2H3,(H,27,34)(H3,26,29,30,31). The average Bonchev–Trinajstić information content (AvgIpc) is 3.33. The van der Waals surface area contributed by atoms with E-state index in [4.69, 9.17) is 10.7 Å². The van der Waals surface area contributed by atoms with Crippen LogP contribution in [0.1, 0.15) is 17.3 Å². The molecule has 0 bridgehead atoms. The fourth-order valence-electron chi connectivity index (χ4n) is 4.24. The van der Waals surface area contributed by atoms with Gasteiger partial charge in [-0.15, -0.1) is 11.3 Å². The highest BCUT2D eigenvalue weighted by molar-refractivity contribution is 7.18. The Morgan fingerprint density at radius 2 is 1.97 bits per heavy atom. The summed E-state index contributed by atoms with van der Waals surface area (Å²) >= 11 is 1.49. The van der Waals surface area contributed by atoms with Gasteiger partial charge in [-0.05, 0) is 36.4 Å². The van der Waals surface area contributed by atoms with Crippen molar-refractivity contribution in [3.8, 4) is 11.1 Å². The van der Waals surface area contributed by atoms with E-state index in [1.54, 1.807) is 19.3 Å². The van der Waals surface area contributed by atoms with E-state index in [1.165, 1.54) is 11.3 Å². The minimum atomic E-state index is -0.133. The summed E-state index contributed by atoms with van der Waals surface area (Å²) in [5.74, 6) is 1.65. The zero-order valence-corrected chi connectivity index (χ0v) is 20.6. The van der Waals surface area contributed by atoms with Gasteiger partial charge in [0.15, 0.2) is 0 Å². The number of anilines is 4. The first-order valence-electron chi connectivity index (χ1n) is 11.6. The molecule has 1 aromatic carbocycles. The van der Waals surface area contributed by atoms with Crippen LogP contribution in [-0.4, -0.2) is 65.5 Å². The highest BCUT2D eigenvalue weighted by Crippen LogP contribution is 2.36. The molecule has 3 aromatic heterocycles. The second-order valence-corrected chi connectivity index (χ2v) is 9.25. The number of thiophene rings is 1. The van der Waals surface area contributed by atoms with Gasteiger partial charge in [0.05, 0.1) is 22.1 Å². The molecule has 4 N–H and O–H groups in total. The molecule has 0 unspecified atom stereocenters. The SMILES string of the molecule is CCN1CCN(c2ccc(Nc3nc(N)c4scc(-c5cccc(C(=O)NC)c5)c4n3)cn2)CC1. The van der Waals surface area contributed by atoms with E-state index in [-0.39, 0.29) is 5.91 Å². The number of nitrogens with zero attached hydrogens (tertiary/aromatic N) is 5.